The highest BCUT2D eigenvalue weighted by Gasteiger charge is 2.41. The van der Waals surface area contributed by atoms with E-state index >= 15 is 0 Å². The van der Waals surface area contributed by atoms with E-state index in [1.807, 2.05) is 0 Å². The molecule has 0 amide bonds. The number of rotatable bonds is 1. The number of nitrogens with zero attached hydrogens (tertiary/aromatic N) is 1. The minimum Gasteiger partial charge on any atom is -0.309 e. The van der Waals surface area contributed by atoms with Gasteiger partial charge in [-0.3, -0.25) is 0 Å². The minimum absolute atomic E-state index is 0.0504. The third kappa shape index (κ3) is 1.86. The number of benzene rings is 4. The molecule has 0 aliphatic heterocycles. The van der Waals surface area contributed by atoms with E-state index in [9.17, 15) is 0 Å². The van der Waals surface area contributed by atoms with Crippen LogP contribution in [0.1, 0.15) is 25.0 Å². The molecular formula is C27H21N. The molecule has 0 N–H and O–H groups in total. The van der Waals surface area contributed by atoms with Gasteiger partial charge in [0.05, 0.1) is 11.2 Å². The molecule has 1 aliphatic rings. The van der Waals surface area contributed by atoms with Crippen molar-refractivity contribution in [2.24, 2.45) is 0 Å². The minimum atomic E-state index is -0.0504. The Morgan fingerprint density at radius 3 is 2.11 bits per heavy atom. The van der Waals surface area contributed by atoms with Crippen LogP contribution >= 0.6 is 0 Å². The zero-order valence-electron chi connectivity index (χ0n) is 16.1. The fourth-order valence-corrected chi connectivity index (χ4v) is 5.24. The second kappa shape index (κ2) is 5.36. The van der Waals surface area contributed by atoms with Gasteiger partial charge in [-0.05, 0) is 40.1 Å². The van der Waals surface area contributed by atoms with Gasteiger partial charge in [0, 0.05) is 22.1 Å². The summed E-state index contributed by atoms with van der Waals surface area (Å²) in [7, 11) is 0. The molecule has 0 radical (unpaired) electrons. The molecule has 5 aromatic rings. The third-order valence-electron chi connectivity index (χ3n) is 6.32. The highest BCUT2D eigenvalue weighted by molar-refractivity contribution is 6.04. The standard InChI is InChI=1S/C27H21N/c1-27(2)24-20-13-7-6-10-18(20)16-17-22(24)26-25(27)21-14-8-9-15-23(21)28(26)19-11-4-3-5-12-19/h3-17H,1-2H3. The van der Waals surface area contributed by atoms with Crippen molar-refractivity contribution in [3.05, 3.63) is 102 Å². The van der Waals surface area contributed by atoms with Crippen molar-refractivity contribution >= 4 is 21.7 Å². The molecule has 0 spiro atoms. The summed E-state index contributed by atoms with van der Waals surface area (Å²) < 4.78 is 2.45. The topological polar surface area (TPSA) is 4.93 Å². The first-order chi connectivity index (χ1) is 13.7. The summed E-state index contributed by atoms with van der Waals surface area (Å²) in [4.78, 5) is 0. The van der Waals surface area contributed by atoms with Gasteiger partial charge in [0.25, 0.3) is 0 Å². The highest BCUT2D eigenvalue weighted by Crippen LogP contribution is 2.55. The zero-order valence-corrected chi connectivity index (χ0v) is 16.1. The summed E-state index contributed by atoms with van der Waals surface area (Å²) in [5, 5.41) is 4.03. The van der Waals surface area contributed by atoms with E-state index in [0.29, 0.717) is 0 Å². The van der Waals surface area contributed by atoms with Gasteiger partial charge in [-0.25, -0.2) is 0 Å². The SMILES string of the molecule is CC1(C)c2c(ccc3ccccc23)-c2c1c1ccccc1n2-c1ccccc1. The normalized spacial score (nSPS) is 14.4. The quantitative estimate of drug-likeness (QED) is 0.301. The Kier molecular flexibility index (Phi) is 3.01. The van der Waals surface area contributed by atoms with Crippen LogP contribution < -0.4 is 0 Å². The van der Waals surface area contributed by atoms with Crippen LogP contribution in [-0.2, 0) is 5.41 Å². The second-order valence-electron chi connectivity index (χ2n) is 8.25. The Balaban J connectivity index is 1.84. The first kappa shape index (κ1) is 15.7. The first-order valence-corrected chi connectivity index (χ1v) is 9.90. The van der Waals surface area contributed by atoms with Crippen LogP contribution in [0.2, 0.25) is 0 Å². The monoisotopic (exact) mass is 359 g/mol. The van der Waals surface area contributed by atoms with Crippen molar-refractivity contribution in [2.45, 2.75) is 19.3 Å². The largest absolute Gasteiger partial charge is 0.309 e. The van der Waals surface area contributed by atoms with Gasteiger partial charge in [0.15, 0.2) is 0 Å². The Labute approximate surface area is 164 Å². The number of hydrogen-bond acceptors (Lipinski definition) is 0. The molecule has 6 rings (SSSR count). The van der Waals surface area contributed by atoms with E-state index in [1.54, 1.807) is 0 Å². The number of fused-ring (bicyclic) bond motifs is 7. The van der Waals surface area contributed by atoms with E-state index in [1.165, 1.54) is 49.7 Å². The molecular weight excluding hydrogens is 338 g/mol. The first-order valence-electron chi connectivity index (χ1n) is 9.90. The summed E-state index contributed by atoms with van der Waals surface area (Å²) in [6, 6.07) is 33.0. The van der Waals surface area contributed by atoms with Crippen molar-refractivity contribution in [1.29, 1.82) is 0 Å². The summed E-state index contributed by atoms with van der Waals surface area (Å²) >= 11 is 0. The third-order valence-corrected chi connectivity index (χ3v) is 6.32. The molecule has 4 aromatic carbocycles. The lowest BCUT2D eigenvalue weighted by atomic mass is 9.79. The highest BCUT2D eigenvalue weighted by atomic mass is 15.0. The lowest BCUT2D eigenvalue weighted by molar-refractivity contribution is 0.672. The fourth-order valence-electron chi connectivity index (χ4n) is 5.24. The number of hydrogen-bond donors (Lipinski definition) is 0. The Bertz CT molecular complexity index is 1370. The Morgan fingerprint density at radius 1 is 0.607 bits per heavy atom. The van der Waals surface area contributed by atoms with Gasteiger partial charge in [-0.15, -0.1) is 0 Å². The summed E-state index contributed by atoms with van der Waals surface area (Å²) in [5.74, 6) is 0. The Morgan fingerprint density at radius 2 is 1.29 bits per heavy atom. The Hall–Kier alpha value is -3.32. The maximum atomic E-state index is 2.45. The molecule has 134 valence electrons. The van der Waals surface area contributed by atoms with Crippen LogP contribution in [0, 0.1) is 0 Å². The van der Waals surface area contributed by atoms with Gasteiger partial charge < -0.3 is 4.57 Å². The van der Waals surface area contributed by atoms with E-state index in [0.717, 1.165) is 0 Å². The van der Waals surface area contributed by atoms with Crippen molar-refractivity contribution in [3.8, 4) is 16.9 Å². The van der Waals surface area contributed by atoms with Crippen LogP contribution in [0.15, 0.2) is 91.0 Å². The molecule has 0 unspecified atom stereocenters. The lowest BCUT2D eigenvalue weighted by Crippen LogP contribution is -2.15. The molecule has 0 bridgehead atoms. The van der Waals surface area contributed by atoms with Crippen molar-refractivity contribution < 1.29 is 0 Å². The number of para-hydroxylation sites is 2. The molecule has 1 heterocycles. The predicted molar refractivity (Wildman–Crippen MR) is 118 cm³/mol. The van der Waals surface area contributed by atoms with E-state index in [2.05, 4.69) is 109 Å². The van der Waals surface area contributed by atoms with Crippen molar-refractivity contribution in [1.82, 2.24) is 4.57 Å². The van der Waals surface area contributed by atoms with E-state index in [4.69, 9.17) is 0 Å². The van der Waals surface area contributed by atoms with E-state index < -0.39 is 0 Å². The molecule has 1 nitrogen and oxygen atoms in total. The van der Waals surface area contributed by atoms with Crippen molar-refractivity contribution in [2.75, 3.05) is 0 Å². The van der Waals surface area contributed by atoms with Gasteiger partial charge in [-0.1, -0.05) is 86.6 Å². The van der Waals surface area contributed by atoms with Gasteiger partial charge >= 0.3 is 0 Å². The van der Waals surface area contributed by atoms with Crippen LogP contribution in [0.5, 0.6) is 0 Å². The second-order valence-corrected chi connectivity index (χ2v) is 8.25. The molecule has 1 heteroatoms. The summed E-state index contributed by atoms with van der Waals surface area (Å²) in [6.07, 6.45) is 0. The number of aromatic nitrogens is 1. The van der Waals surface area contributed by atoms with E-state index in [-0.39, 0.29) is 5.41 Å². The molecule has 1 aliphatic carbocycles. The average Bonchev–Trinajstić information content (AvgIpc) is 3.20. The summed E-state index contributed by atoms with van der Waals surface area (Å²) in [5.41, 5.74) is 8.05. The average molecular weight is 359 g/mol. The molecule has 0 atom stereocenters. The van der Waals surface area contributed by atoms with Gasteiger partial charge in [0.2, 0.25) is 0 Å². The maximum absolute atomic E-state index is 2.45. The molecule has 0 fully saturated rings. The van der Waals surface area contributed by atoms with Gasteiger partial charge in [0.1, 0.15) is 0 Å². The van der Waals surface area contributed by atoms with Crippen molar-refractivity contribution in [3.63, 3.8) is 0 Å². The van der Waals surface area contributed by atoms with Gasteiger partial charge in [-0.2, -0.15) is 0 Å². The molecule has 28 heavy (non-hydrogen) atoms. The summed E-state index contributed by atoms with van der Waals surface area (Å²) in [6.45, 7) is 4.76. The predicted octanol–water partition coefficient (Wildman–Crippen LogP) is 7.09. The lowest BCUT2D eigenvalue weighted by Gasteiger charge is -2.23. The van der Waals surface area contributed by atoms with Crippen LogP contribution in [-0.4, -0.2) is 4.57 Å². The smallest absolute Gasteiger partial charge is 0.0585 e. The van der Waals surface area contributed by atoms with Crippen LogP contribution in [0.4, 0.5) is 0 Å². The molecule has 1 aromatic heterocycles. The maximum Gasteiger partial charge on any atom is 0.0585 e. The molecule has 0 saturated heterocycles. The van der Waals surface area contributed by atoms with Crippen LogP contribution in [0.3, 0.4) is 0 Å². The van der Waals surface area contributed by atoms with Crippen LogP contribution in [0.25, 0.3) is 38.6 Å². The fraction of sp³-hybridized carbons (Fsp3) is 0.111. The zero-order chi connectivity index (χ0) is 18.9. The molecule has 0 saturated carbocycles.